The standard InChI is InChI=1S/C15H24ClN3/c1-11-10-19(8-7-18(11)3)15(12(2)17)13-5-4-6-14(16)9-13/h4-6,9,11-12,15H,7-8,10,17H2,1-3H3. The fraction of sp³-hybridized carbons (Fsp3) is 0.600. The maximum Gasteiger partial charge on any atom is 0.0498 e. The molecule has 1 aromatic rings. The van der Waals surface area contributed by atoms with E-state index in [1.54, 1.807) is 0 Å². The molecule has 1 aliphatic heterocycles. The summed E-state index contributed by atoms with van der Waals surface area (Å²) in [6.07, 6.45) is 0. The van der Waals surface area contributed by atoms with Gasteiger partial charge in [0.25, 0.3) is 0 Å². The van der Waals surface area contributed by atoms with E-state index in [1.807, 2.05) is 18.2 Å². The lowest BCUT2D eigenvalue weighted by Gasteiger charge is -2.43. The van der Waals surface area contributed by atoms with E-state index in [2.05, 4.69) is 36.8 Å². The zero-order valence-electron chi connectivity index (χ0n) is 12.0. The molecule has 3 nitrogen and oxygen atoms in total. The first-order chi connectivity index (χ1) is 8.99. The zero-order valence-corrected chi connectivity index (χ0v) is 12.8. The van der Waals surface area contributed by atoms with Gasteiger partial charge in [-0.1, -0.05) is 23.7 Å². The molecule has 3 unspecified atom stereocenters. The minimum atomic E-state index is 0.0917. The highest BCUT2D eigenvalue weighted by molar-refractivity contribution is 6.30. The molecule has 0 amide bonds. The number of hydrogen-bond acceptors (Lipinski definition) is 3. The van der Waals surface area contributed by atoms with E-state index in [-0.39, 0.29) is 12.1 Å². The highest BCUT2D eigenvalue weighted by Crippen LogP contribution is 2.27. The van der Waals surface area contributed by atoms with Crippen LogP contribution in [0.25, 0.3) is 0 Å². The van der Waals surface area contributed by atoms with Crippen molar-refractivity contribution in [2.24, 2.45) is 5.73 Å². The molecule has 2 rings (SSSR count). The van der Waals surface area contributed by atoms with Crippen LogP contribution in [0.2, 0.25) is 5.02 Å². The van der Waals surface area contributed by atoms with Gasteiger partial charge in [-0.15, -0.1) is 0 Å². The number of nitrogens with zero attached hydrogens (tertiary/aromatic N) is 2. The van der Waals surface area contributed by atoms with Gasteiger partial charge in [-0.2, -0.15) is 0 Å². The highest BCUT2D eigenvalue weighted by atomic mass is 35.5. The second kappa shape index (κ2) is 6.23. The predicted molar refractivity (Wildman–Crippen MR) is 81.5 cm³/mol. The van der Waals surface area contributed by atoms with E-state index in [0.717, 1.165) is 24.7 Å². The molecule has 0 spiro atoms. The highest BCUT2D eigenvalue weighted by Gasteiger charge is 2.29. The zero-order chi connectivity index (χ0) is 14.0. The van der Waals surface area contributed by atoms with Gasteiger partial charge in [-0.25, -0.2) is 0 Å². The van der Waals surface area contributed by atoms with Crippen molar-refractivity contribution in [3.8, 4) is 0 Å². The Balaban J connectivity index is 2.21. The molecular formula is C15H24ClN3. The summed E-state index contributed by atoms with van der Waals surface area (Å²) in [7, 11) is 2.18. The molecule has 0 aliphatic carbocycles. The summed E-state index contributed by atoms with van der Waals surface area (Å²) in [6.45, 7) is 7.54. The molecule has 3 atom stereocenters. The molecule has 0 bridgehead atoms. The number of hydrogen-bond donors (Lipinski definition) is 1. The van der Waals surface area contributed by atoms with Crippen molar-refractivity contribution < 1.29 is 0 Å². The molecule has 1 saturated heterocycles. The number of likely N-dealkylation sites (N-methyl/N-ethyl adjacent to an activating group) is 1. The quantitative estimate of drug-likeness (QED) is 0.923. The minimum Gasteiger partial charge on any atom is -0.326 e. The summed E-state index contributed by atoms with van der Waals surface area (Å²) < 4.78 is 0. The van der Waals surface area contributed by atoms with E-state index in [4.69, 9.17) is 17.3 Å². The largest absolute Gasteiger partial charge is 0.326 e. The second-order valence-corrected chi connectivity index (χ2v) is 6.12. The van der Waals surface area contributed by atoms with E-state index in [9.17, 15) is 0 Å². The van der Waals surface area contributed by atoms with Crippen LogP contribution >= 0.6 is 11.6 Å². The predicted octanol–water partition coefficient (Wildman–Crippen LogP) is 2.36. The Morgan fingerprint density at radius 1 is 1.37 bits per heavy atom. The molecule has 0 radical (unpaired) electrons. The molecule has 1 aliphatic rings. The molecule has 1 aromatic carbocycles. The summed E-state index contributed by atoms with van der Waals surface area (Å²) in [5, 5.41) is 0.783. The Hall–Kier alpha value is -0.610. The molecule has 106 valence electrons. The monoisotopic (exact) mass is 281 g/mol. The Kier molecular flexibility index (Phi) is 4.85. The van der Waals surface area contributed by atoms with E-state index in [0.29, 0.717) is 6.04 Å². The Morgan fingerprint density at radius 2 is 2.11 bits per heavy atom. The Morgan fingerprint density at radius 3 is 2.68 bits per heavy atom. The van der Waals surface area contributed by atoms with Crippen molar-refractivity contribution in [2.45, 2.75) is 32.0 Å². The average Bonchev–Trinajstić information content (AvgIpc) is 2.33. The number of benzene rings is 1. The summed E-state index contributed by atoms with van der Waals surface area (Å²) in [4.78, 5) is 4.88. The smallest absolute Gasteiger partial charge is 0.0498 e. The first-order valence-corrected chi connectivity index (χ1v) is 7.32. The minimum absolute atomic E-state index is 0.0917. The van der Waals surface area contributed by atoms with Gasteiger partial charge in [-0.3, -0.25) is 4.90 Å². The molecule has 0 aromatic heterocycles. The van der Waals surface area contributed by atoms with Crippen LogP contribution in [0.3, 0.4) is 0 Å². The van der Waals surface area contributed by atoms with Gasteiger partial charge in [0, 0.05) is 42.8 Å². The van der Waals surface area contributed by atoms with Gasteiger partial charge in [0.15, 0.2) is 0 Å². The van der Waals surface area contributed by atoms with Crippen molar-refractivity contribution in [2.75, 3.05) is 26.7 Å². The van der Waals surface area contributed by atoms with Crippen molar-refractivity contribution in [1.82, 2.24) is 9.80 Å². The summed E-state index contributed by atoms with van der Waals surface area (Å²) in [6, 6.07) is 8.99. The third kappa shape index (κ3) is 3.48. The van der Waals surface area contributed by atoms with Crippen molar-refractivity contribution in [3.63, 3.8) is 0 Å². The number of rotatable bonds is 3. The first kappa shape index (κ1) is 14.8. The average molecular weight is 282 g/mol. The number of halogens is 1. The maximum atomic E-state index is 6.23. The lowest BCUT2D eigenvalue weighted by Crippen LogP contribution is -2.53. The van der Waals surface area contributed by atoms with Gasteiger partial charge in [0.2, 0.25) is 0 Å². The molecule has 2 N–H and O–H groups in total. The van der Waals surface area contributed by atoms with Gasteiger partial charge in [0.1, 0.15) is 0 Å². The van der Waals surface area contributed by atoms with Gasteiger partial charge in [-0.05, 0) is 38.6 Å². The first-order valence-electron chi connectivity index (χ1n) is 6.94. The SMILES string of the molecule is CC(N)C(c1cccc(Cl)c1)N1CCN(C)C(C)C1. The van der Waals surface area contributed by atoms with Crippen molar-refractivity contribution in [1.29, 1.82) is 0 Å². The molecule has 4 heteroatoms. The summed E-state index contributed by atoms with van der Waals surface area (Å²) >= 11 is 6.12. The Bertz CT molecular complexity index is 422. The maximum absolute atomic E-state index is 6.23. The van der Waals surface area contributed by atoms with Gasteiger partial charge >= 0.3 is 0 Å². The van der Waals surface area contributed by atoms with E-state index < -0.39 is 0 Å². The molecule has 1 fully saturated rings. The Labute approximate surface area is 121 Å². The van der Waals surface area contributed by atoms with Crippen LogP contribution in [0.1, 0.15) is 25.5 Å². The number of nitrogens with two attached hydrogens (primary N) is 1. The third-order valence-electron chi connectivity index (χ3n) is 4.07. The van der Waals surface area contributed by atoms with Crippen LogP contribution in [0.5, 0.6) is 0 Å². The van der Waals surface area contributed by atoms with E-state index in [1.165, 1.54) is 5.56 Å². The molecule has 19 heavy (non-hydrogen) atoms. The lowest BCUT2D eigenvalue weighted by atomic mass is 9.97. The molecule has 1 heterocycles. The van der Waals surface area contributed by atoms with Crippen LogP contribution < -0.4 is 5.73 Å². The summed E-state index contributed by atoms with van der Waals surface area (Å²) in [5.74, 6) is 0. The van der Waals surface area contributed by atoms with Crippen LogP contribution in [-0.2, 0) is 0 Å². The lowest BCUT2D eigenvalue weighted by molar-refractivity contribution is 0.0639. The van der Waals surface area contributed by atoms with Crippen molar-refractivity contribution in [3.05, 3.63) is 34.9 Å². The third-order valence-corrected chi connectivity index (χ3v) is 4.31. The molecular weight excluding hydrogens is 258 g/mol. The van der Waals surface area contributed by atoms with Crippen molar-refractivity contribution >= 4 is 11.6 Å². The van der Waals surface area contributed by atoms with Gasteiger partial charge in [0.05, 0.1) is 0 Å². The normalized spacial score (nSPS) is 25.2. The fourth-order valence-corrected chi connectivity index (χ4v) is 3.07. The van der Waals surface area contributed by atoms with Crippen LogP contribution in [0.4, 0.5) is 0 Å². The topological polar surface area (TPSA) is 32.5 Å². The fourth-order valence-electron chi connectivity index (χ4n) is 2.87. The number of piperazine rings is 1. The van der Waals surface area contributed by atoms with Gasteiger partial charge < -0.3 is 10.6 Å². The second-order valence-electron chi connectivity index (χ2n) is 5.68. The van der Waals surface area contributed by atoms with Crippen LogP contribution in [0.15, 0.2) is 24.3 Å². The van der Waals surface area contributed by atoms with E-state index >= 15 is 0 Å². The molecule has 0 saturated carbocycles. The summed E-state index contributed by atoms with van der Waals surface area (Å²) in [5.41, 5.74) is 7.45. The van der Waals surface area contributed by atoms with Crippen LogP contribution in [-0.4, -0.2) is 48.6 Å². The van der Waals surface area contributed by atoms with Crippen LogP contribution in [0, 0.1) is 0 Å².